The smallest absolute Gasteiger partial charge is 1.00 e. The number of β-lactam (4-membered cyclic amide) rings is 1. The van der Waals surface area contributed by atoms with Crippen molar-refractivity contribution in [3.8, 4) is 0 Å². The molecule has 1 aromatic rings. The Hall–Kier alpha value is -0.740. The fourth-order valence-electron chi connectivity index (χ4n) is 2.64. The largest absolute Gasteiger partial charge is 1.00 e. The molecule has 0 aliphatic carbocycles. The van der Waals surface area contributed by atoms with E-state index in [1.54, 1.807) is 35.2 Å². The van der Waals surface area contributed by atoms with E-state index < -0.39 is 27.1 Å². The van der Waals surface area contributed by atoms with E-state index in [1.807, 2.05) is 0 Å². The Balaban J connectivity index is 0.00000132. The van der Waals surface area contributed by atoms with Gasteiger partial charge in [-0.25, -0.2) is 13.0 Å². The molecule has 1 fully saturated rings. The van der Waals surface area contributed by atoms with Gasteiger partial charge in [-0.2, -0.15) is 0 Å². The second-order valence-corrected chi connectivity index (χ2v) is 7.18. The minimum absolute atomic E-state index is 0. The number of pyridine rings is 1. The Labute approximate surface area is 166 Å². The molecule has 0 aromatic carbocycles. The predicted octanol–water partition coefficient (Wildman–Crippen LogP) is -8.03. The molecule has 118 valence electrons. The van der Waals surface area contributed by atoms with Crippen LogP contribution in [0.15, 0.2) is 41.9 Å². The molecule has 23 heavy (non-hydrogen) atoms. The van der Waals surface area contributed by atoms with Crippen molar-refractivity contribution in [1.82, 2.24) is 4.90 Å². The first-order chi connectivity index (χ1) is 9.90. The molecule has 1 atom stereocenters. The standard InChI is InChI=1S/C13H12N2O5S.BrH.Na/c16-10-6-11-15(10)12(13(17)18)9(8-21(11,19)20)7-14-4-2-1-3-5-14;;/h1-5,11H,6-8H2;1H;/q;;+1/p-1/t11-;;/m1../s1. The third kappa shape index (κ3) is 3.69. The van der Waals surface area contributed by atoms with Gasteiger partial charge in [0.2, 0.25) is 5.91 Å². The van der Waals surface area contributed by atoms with E-state index in [9.17, 15) is 23.1 Å². The predicted molar refractivity (Wildman–Crippen MR) is 67.7 cm³/mol. The Morgan fingerprint density at radius 3 is 2.43 bits per heavy atom. The van der Waals surface area contributed by atoms with Crippen molar-refractivity contribution < 1.29 is 74.2 Å². The molecule has 3 rings (SSSR count). The van der Waals surface area contributed by atoms with Gasteiger partial charge >= 0.3 is 29.6 Å². The zero-order valence-electron chi connectivity index (χ0n) is 12.3. The summed E-state index contributed by atoms with van der Waals surface area (Å²) in [6, 6.07) is 5.28. The summed E-state index contributed by atoms with van der Waals surface area (Å²) in [6.45, 7) is 0.0832. The number of halogens is 1. The SMILES string of the molecule is O=C([O-])C1=C(C[n+]2ccccc2)CS(=O)(=O)[C@@H]2CC(=O)N12.[Br-].[Na+]. The molecule has 2 aliphatic rings. The monoisotopic (exact) mass is 410 g/mol. The summed E-state index contributed by atoms with van der Waals surface area (Å²) in [7, 11) is -3.55. The van der Waals surface area contributed by atoms with Crippen LogP contribution in [0.1, 0.15) is 6.42 Å². The fraction of sp³-hybridized carbons (Fsp3) is 0.308. The van der Waals surface area contributed by atoms with Crippen molar-refractivity contribution >= 4 is 21.7 Å². The number of sulfone groups is 1. The van der Waals surface area contributed by atoms with Crippen molar-refractivity contribution in [2.75, 3.05) is 5.75 Å². The molecular weight excluding hydrogens is 399 g/mol. The third-order valence-electron chi connectivity index (χ3n) is 3.62. The van der Waals surface area contributed by atoms with Crippen LogP contribution in [0.25, 0.3) is 0 Å². The maximum Gasteiger partial charge on any atom is 1.00 e. The van der Waals surface area contributed by atoms with E-state index in [0.29, 0.717) is 0 Å². The molecule has 0 spiro atoms. The van der Waals surface area contributed by atoms with Crippen LogP contribution in [0.4, 0.5) is 0 Å². The molecule has 7 nitrogen and oxygen atoms in total. The number of carbonyl (C=O) groups excluding carboxylic acids is 2. The van der Waals surface area contributed by atoms with Crippen molar-refractivity contribution in [3.05, 3.63) is 41.9 Å². The van der Waals surface area contributed by atoms with Crippen LogP contribution in [0.2, 0.25) is 0 Å². The number of hydrogen-bond acceptors (Lipinski definition) is 5. The quantitative estimate of drug-likeness (QED) is 0.280. The van der Waals surface area contributed by atoms with Crippen molar-refractivity contribution in [3.63, 3.8) is 0 Å². The fourth-order valence-corrected chi connectivity index (χ4v) is 4.49. The van der Waals surface area contributed by atoms with Crippen molar-refractivity contribution in [1.29, 1.82) is 0 Å². The maximum absolute atomic E-state index is 12.1. The molecule has 3 heterocycles. The molecule has 2 aliphatic heterocycles. The van der Waals surface area contributed by atoms with Gasteiger partial charge in [0.1, 0.15) is 5.37 Å². The van der Waals surface area contributed by atoms with Crippen LogP contribution in [0, 0.1) is 0 Å². The van der Waals surface area contributed by atoms with Crippen LogP contribution in [0.3, 0.4) is 0 Å². The second-order valence-electron chi connectivity index (χ2n) is 5.02. The number of aliphatic carboxylic acids is 1. The zero-order valence-corrected chi connectivity index (χ0v) is 16.7. The average molecular weight is 411 g/mol. The van der Waals surface area contributed by atoms with E-state index in [-0.39, 0.29) is 76.5 Å². The Morgan fingerprint density at radius 2 is 1.91 bits per heavy atom. The summed E-state index contributed by atoms with van der Waals surface area (Å²) >= 11 is 0. The maximum atomic E-state index is 12.1. The van der Waals surface area contributed by atoms with Gasteiger partial charge in [0.15, 0.2) is 28.8 Å². The topological polar surface area (TPSA) is 98.5 Å². The summed E-state index contributed by atoms with van der Waals surface area (Å²) < 4.78 is 25.9. The number of carboxylic acid groups (broad SMARTS) is 1. The van der Waals surface area contributed by atoms with Gasteiger partial charge in [0, 0.05) is 17.7 Å². The Kier molecular flexibility index (Phi) is 6.56. The molecule has 0 N–H and O–H groups in total. The van der Waals surface area contributed by atoms with Crippen LogP contribution in [-0.2, 0) is 26.0 Å². The molecule has 0 radical (unpaired) electrons. The number of rotatable bonds is 3. The molecule has 0 bridgehead atoms. The number of fused-ring (bicyclic) bond motifs is 1. The molecule has 0 unspecified atom stereocenters. The minimum Gasteiger partial charge on any atom is -1.00 e. The van der Waals surface area contributed by atoms with Gasteiger partial charge in [-0.05, 0) is 0 Å². The van der Waals surface area contributed by atoms with E-state index in [1.165, 1.54) is 0 Å². The van der Waals surface area contributed by atoms with Crippen LogP contribution < -0.4 is 56.2 Å². The van der Waals surface area contributed by atoms with Gasteiger partial charge in [-0.3, -0.25) is 9.69 Å². The van der Waals surface area contributed by atoms with E-state index >= 15 is 0 Å². The number of hydrogen-bond donors (Lipinski definition) is 0. The Bertz CT molecular complexity index is 766. The molecule has 0 saturated carbocycles. The van der Waals surface area contributed by atoms with Gasteiger partial charge in [0.05, 0.1) is 23.8 Å². The van der Waals surface area contributed by atoms with E-state index in [2.05, 4.69) is 0 Å². The van der Waals surface area contributed by atoms with Gasteiger partial charge in [-0.15, -0.1) is 0 Å². The van der Waals surface area contributed by atoms with Crippen LogP contribution in [0.5, 0.6) is 0 Å². The third-order valence-corrected chi connectivity index (χ3v) is 5.57. The van der Waals surface area contributed by atoms with Crippen LogP contribution >= 0.6 is 0 Å². The first-order valence-electron chi connectivity index (χ1n) is 6.31. The number of amides is 1. The summed E-state index contributed by atoms with van der Waals surface area (Å²) in [5.74, 6) is -2.39. The molecule has 1 aromatic heterocycles. The zero-order chi connectivity index (χ0) is 15.2. The summed E-state index contributed by atoms with van der Waals surface area (Å²) in [5, 5.41) is 10.3. The Morgan fingerprint density at radius 1 is 1.30 bits per heavy atom. The van der Waals surface area contributed by atoms with Crippen molar-refractivity contribution in [2.24, 2.45) is 0 Å². The summed E-state index contributed by atoms with van der Waals surface area (Å²) in [6.07, 6.45) is 3.22. The van der Waals surface area contributed by atoms with Gasteiger partial charge in [0.25, 0.3) is 0 Å². The first-order valence-corrected chi connectivity index (χ1v) is 8.03. The van der Waals surface area contributed by atoms with Gasteiger partial charge in [-0.1, -0.05) is 6.07 Å². The second kappa shape index (κ2) is 7.43. The average Bonchev–Trinajstić information content (AvgIpc) is 2.40. The minimum atomic E-state index is -3.55. The summed E-state index contributed by atoms with van der Waals surface area (Å²) in [4.78, 5) is 23.8. The molecule has 10 heteroatoms. The van der Waals surface area contributed by atoms with Crippen LogP contribution in [-0.4, -0.2) is 36.3 Å². The number of carboxylic acids is 1. The molecular formula is C13H12BrN2NaO5S. The first kappa shape index (κ1) is 20.3. The van der Waals surface area contributed by atoms with Crippen molar-refractivity contribution in [2.45, 2.75) is 18.3 Å². The summed E-state index contributed by atoms with van der Waals surface area (Å²) in [5.41, 5.74) is -0.141. The van der Waals surface area contributed by atoms with E-state index in [4.69, 9.17) is 0 Å². The van der Waals surface area contributed by atoms with Gasteiger partial charge < -0.3 is 26.9 Å². The molecule has 1 amide bonds. The molecule has 1 saturated heterocycles. The number of carbonyl (C=O) groups is 2. The normalized spacial score (nSPS) is 21.5. The number of nitrogens with zero attached hydrogens (tertiary/aromatic N) is 2. The van der Waals surface area contributed by atoms with E-state index in [0.717, 1.165) is 4.90 Å². The number of aromatic nitrogens is 1.